The SMILES string of the molecule is CC[C@H](C)c1ccccc1NC(=O)COC(=O)c1ccc(CN2CCOCC2)cc1. The topological polar surface area (TPSA) is 67.9 Å². The molecule has 0 saturated carbocycles. The third-order valence-electron chi connectivity index (χ3n) is 5.41. The van der Waals surface area contributed by atoms with Gasteiger partial charge in [0.25, 0.3) is 5.91 Å². The Morgan fingerprint density at radius 3 is 2.50 bits per heavy atom. The zero-order chi connectivity index (χ0) is 21.3. The Morgan fingerprint density at radius 1 is 1.10 bits per heavy atom. The number of anilines is 1. The number of hydrogen-bond donors (Lipinski definition) is 1. The van der Waals surface area contributed by atoms with Crippen LogP contribution >= 0.6 is 0 Å². The number of hydrogen-bond acceptors (Lipinski definition) is 5. The molecule has 1 heterocycles. The maximum Gasteiger partial charge on any atom is 0.338 e. The summed E-state index contributed by atoms with van der Waals surface area (Å²) in [6.07, 6.45) is 0.976. The van der Waals surface area contributed by atoms with Crippen molar-refractivity contribution in [2.75, 3.05) is 38.2 Å². The van der Waals surface area contributed by atoms with Crippen molar-refractivity contribution in [2.24, 2.45) is 0 Å². The fourth-order valence-electron chi connectivity index (χ4n) is 3.42. The van der Waals surface area contributed by atoms with Gasteiger partial charge in [-0.15, -0.1) is 0 Å². The van der Waals surface area contributed by atoms with E-state index in [1.54, 1.807) is 12.1 Å². The van der Waals surface area contributed by atoms with Gasteiger partial charge in [0.05, 0.1) is 18.8 Å². The second-order valence-corrected chi connectivity index (χ2v) is 7.61. The third-order valence-corrected chi connectivity index (χ3v) is 5.41. The van der Waals surface area contributed by atoms with Crippen LogP contribution in [0.2, 0.25) is 0 Å². The van der Waals surface area contributed by atoms with Gasteiger partial charge in [0.2, 0.25) is 0 Å². The van der Waals surface area contributed by atoms with Gasteiger partial charge in [0.1, 0.15) is 0 Å². The molecule has 2 aromatic carbocycles. The van der Waals surface area contributed by atoms with E-state index in [4.69, 9.17) is 9.47 Å². The highest BCUT2D eigenvalue weighted by Gasteiger charge is 2.15. The van der Waals surface area contributed by atoms with Gasteiger partial charge in [-0.2, -0.15) is 0 Å². The van der Waals surface area contributed by atoms with Crippen LogP contribution in [0.3, 0.4) is 0 Å². The van der Waals surface area contributed by atoms with E-state index >= 15 is 0 Å². The molecule has 1 saturated heterocycles. The molecule has 30 heavy (non-hydrogen) atoms. The standard InChI is InChI=1S/C24H30N2O4/c1-3-18(2)21-6-4-5-7-22(21)25-23(27)17-30-24(28)20-10-8-19(9-11-20)16-26-12-14-29-15-13-26/h4-11,18H,3,12-17H2,1-2H3,(H,25,27)/t18-/m0/s1. The Labute approximate surface area is 178 Å². The van der Waals surface area contributed by atoms with Crippen LogP contribution in [0.15, 0.2) is 48.5 Å². The first-order valence-corrected chi connectivity index (χ1v) is 10.5. The third kappa shape index (κ3) is 6.15. The molecule has 6 heteroatoms. The van der Waals surface area contributed by atoms with E-state index in [1.807, 2.05) is 36.4 Å². The Morgan fingerprint density at radius 2 is 1.80 bits per heavy atom. The second-order valence-electron chi connectivity index (χ2n) is 7.61. The molecule has 0 spiro atoms. The number of carbonyl (C=O) groups excluding carboxylic acids is 2. The van der Waals surface area contributed by atoms with E-state index in [1.165, 1.54) is 0 Å². The van der Waals surface area contributed by atoms with Crippen LogP contribution in [0.1, 0.15) is 47.7 Å². The number of morpholine rings is 1. The molecule has 1 fully saturated rings. The van der Waals surface area contributed by atoms with E-state index in [0.29, 0.717) is 11.5 Å². The van der Waals surface area contributed by atoms with E-state index < -0.39 is 5.97 Å². The first kappa shape index (κ1) is 22.0. The van der Waals surface area contributed by atoms with Gasteiger partial charge in [-0.1, -0.05) is 44.2 Å². The number of nitrogens with one attached hydrogen (secondary N) is 1. The maximum atomic E-state index is 12.3. The van der Waals surface area contributed by atoms with Gasteiger partial charge in [-0.25, -0.2) is 4.79 Å². The molecular formula is C24H30N2O4. The van der Waals surface area contributed by atoms with Crippen LogP contribution in [0.5, 0.6) is 0 Å². The van der Waals surface area contributed by atoms with Gasteiger partial charge >= 0.3 is 5.97 Å². The van der Waals surface area contributed by atoms with Crippen molar-refractivity contribution in [2.45, 2.75) is 32.7 Å². The number of amides is 1. The monoisotopic (exact) mass is 410 g/mol. The summed E-state index contributed by atoms with van der Waals surface area (Å²) in [5, 5.41) is 2.86. The lowest BCUT2D eigenvalue weighted by Gasteiger charge is -2.26. The number of carbonyl (C=O) groups is 2. The summed E-state index contributed by atoms with van der Waals surface area (Å²) < 4.78 is 10.6. The maximum absolute atomic E-state index is 12.3. The minimum atomic E-state index is -0.502. The Balaban J connectivity index is 1.50. The molecule has 6 nitrogen and oxygen atoms in total. The molecule has 3 rings (SSSR count). The predicted molar refractivity (Wildman–Crippen MR) is 117 cm³/mol. The largest absolute Gasteiger partial charge is 0.452 e. The average molecular weight is 411 g/mol. The van der Waals surface area contributed by atoms with Crippen molar-refractivity contribution < 1.29 is 19.1 Å². The summed E-state index contributed by atoms with van der Waals surface area (Å²) >= 11 is 0. The fraction of sp³-hybridized carbons (Fsp3) is 0.417. The number of benzene rings is 2. The van der Waals surface area contributed by atoms with Crippen molar-refractivity contribution in [3.05, 3.63) is 65.2 Å². The van der Waals surface area contributed by atoms with Gasteiger partial charge in [-0.05, 0) is 41.7 Å². The molecule has 0 unspecified atom stereocenters. The summed E-state index contributed by atoms with van der Waals surface area (Å²) in [6.45, 7) is 8.09. The quantitative estimate of drug-likeness (QED) is 0.670. The van der Waals surface area contributed by atoms with Crippen molar-refractivity contribution in [3.63, 3.8) is 0 Å². The van der Waals surface area contributed by atoms with E-state index in [0.717, 1.165) is 56.1 Å². The van der Waals surface area contributed by atoms with Crippen LogP contribution < -0.4 is 5.32 Å². The number of esters is 1. The van der Waals surface area contributed by atoms with Crippen LogP contribution in [-0.4, -0.2) is 49.7 Å². The van der Waals surface area contributed by atoms with Crippen LogP contribution in [0.25, 0.3) is 0 Å². The summed E-state index contributed by atoms with van der Waals surface area (Å²) in [7, 11) is 0. The normalized spacial score (nSPS) is 15.4. The summed E-state index contributed by atoms with van der Waals surface area (Å²) in [4.78, 5) is 26.9. The predicted octanol–water partition coefficient (Wildman–Crippen LogP) is 3.83. The summed E-state index contributed by atoms with van der Waals surface area (Å²) in [5.41, 5.74) is 3.41. The summed E-state index contributed by atoms with van der Waals surface area (Å²) in [5.74, 6) is -0.513. The lowest BCUT2D eigenvalue weighted by Crippen LogP contribution is -2.35. The Kier molecular flexibility index (Phi) is 7.99. The molecule has 1 amide bonds. The lowest BCUT2D eigenvalue weighted by molar-refractivity contribution is -0.119. The van der Waals surface area contributed by atoms with Crippen molar-refractivity contribution in [1.82, 2.24) is 4.90 Å². The molecule has 0 aliphatic carbocycles. The van der Waals surface area contributed by atoms with E-state index in [2.05, 4.69) is 24.1 Å². The minimum Gasteiger partial charge on any atom is -0.452 e. The average Bonchev–Trinajstić information content (AvgIpc) is 2.78. The molecule has 0 radical (unpaired) electrons. The number of rotatable bonds is 8. The molecule has 0 aromatic heterocycles. The zero-order valence-electron chi connectivity index (χ0n) is 17.7. The van der Waals surface area contributed by atoms with Gasteiger partial charge in [0.15, 0.2) is 6.61 Å². The van der Waals surface area contributed by atoms with E-state index in [-0.39, 0.29) is 12.5 Å². The number of para-hydroxylation sites is 1. The smallest absolute Gasteiger partial charge is 0.338 e. The zero-order valence-corrected chi connectivity index (χ0v) is 17.7. The van der Waals surface area contributed by atoms with Gasteiger partial charge in [0, 0.05) is 25.3 Å². The molecule has 160 valence electrons. The molecular weight excluding hydrogens is 380 g/mol. The Bertz CT molecular complexity index is 845. The molecule has 2 aromatic rings. The van der Waals surface area contributed by atoms with Crippen molar-refractivity contribution >= 4 is 17.6 Å². The van der Waals surface area contributed by atoms with Crippen LogP contribution in [0, 0.1) is 0 Å². The van der Waals surface area contributed by atoms with E-state index in [9.17, 15) is 9.59 Å². The number of nitrogens with zero attached hydrogens (tertiary/aromatic N) is 1. The minimum absolute atomic E-state index is 0.316. The highest BCUT2D eigenvalue weighted by Crippen LogP contribution is 2.26. The number of ether oxygens (including phenoxy) is 2. The first-order valence-electron chi connectivity index (χ1n) is 10.5. The van der Waals surface area contributed by atoms with Gasteiger partial charge < -0.3 is 14.8 Å². The first-order chi connectivity index (χ1) is 14.6. The highest BCUT2D eigenvalue weighted by atomic mass is 16.5. The molecule has 1 N–H and O–H groups in total. The van der Waals surface area contributed by atoms with Crippen molar-refractivity contribution in [3.8, 4) is 0 Å². The Hall–Kier alpha value is -2.70. The molecule has 0 bridgehead atoms. The van der Waals surface area contributed by atoms with Crippen molar-refractivity contribution in [1.29, 1.82) is 0 Å². The summed E-state index contributed by atoms with van der Waals surface area (Å²) in [6, 6.07) is 15.1. The molecule has 1 aliphatic rings. The fourth-order valence-corrected chi connectivity index (χ4v) is 3.42. The lowest BCUT2D eigenvalue weighted by atomic mass is 9.97. The van der Waals surface area contributed by atoms with Crippen LogP contribution in [-0.2, 0) is 20.8 Å². The van der Waals surface area contributed by atoms with Crippen LogP contribution in [0.4, 0.5) is 5.69 Å². The highest BCUT2D eigenvalue weighted by molar-refractivity contribution is 5.96. The second kappa shape index (κ2) is 10.9. The molecule has 1 atom stereocenters. The molecule has 1 aliphatic heterocycles. The van der Waals surface area contributed by atoms with Gasteiger partial charge in [-0.3, -0.25) is 9.69 Å².